The van der Waals surface area contributed by atoms with E-state index >= 15 is 0 Å². The van der Waals surface area contributed by atoms with Gasteiger partial charge in [0, 0.05) is 11.3 Å². The second kappa shape index (κ2) is 9.36. The summed E-state index contributed by atoms with van der Waals surface area (Å²) in [6, 6.07) is 16.9. The zero-order valence-electron chi connectivity index (χ0n) is 15.9. The third kappa shape index (κ3) is 5.10. The number of para-hydroxylation sites is 1. The zero-order valence-corrected chi connectivity index (χ0v) is 15.9. The molecule has 0 aliphatic carbocycles. The highest BCUT2D eigenvalue weighted by Crippen LogP contribution is 2.21. The van der Waals surface area contributed by atoms with Gasteiger partial charge in [0.15, 0.2) is 5.76 Å². The molecule has 0 atom stereocenters. The Bertz CT molecular complexity index is 1010. The number of carbonyl (C=O) groups excluding carboxylic acids is 1. The highest BCUT2D eigenvalue weighted by molar-refractivity contribution is 6.07. The van der Waals surface area contributed by atoms with Crippen LogP contribution in [0.2, 0.25) is 0 Å². The molecule has 0 radical (unpaired) electrons. The van der Waals surface area contributed by atoms with Gasteiger partial charge in [-0.15, -0.1) is 0 Å². The van der Waals surface area contributed by atoms with E-state index in [0.717, 1.165) is 6.42 Å². The van der Waals surface area contributed by atoms with Crippen LogP contribution >= 0.6 is 0 Å². The van der Waals surface area contributed by atoms with Crippen molar-refractivity contribution in [3.63, 3.8) is 0 Å². The highest BCUT2D eigenvalue weighted by atomic mass is 16.5. The maximum atomic E-state index is 12.7. The van der Waals surface area contributed by atoms with E-state index in [9.17, 15) is 4.79 Å². The third-order valence-corrected chi connectivity index (χ3v) is 3.93. The predicted molar refractivity (Wildman–Crippen MR) is 110 cm³/mol. The van der Waals surface area contributed by atoms with Gasteiger partial charge in [0.2, 0.25) is 5.90 Å². The molecule has 7 heteroatoms. The molecule has 3 aromatic rings. The molecule has 2 aromatic carbocycles. The lowest BCUT2D eigenvalue weighted by molar-refractivity contribution is 0.102. The van der Waals surface area contributed by atoms with Crippen molar-refractivity contribution in [1.29, 1.82) is 10.8 Å². The lowest BCUT2D eigenvalue weighted by Gasteiger charge is -2.12. The third-order valence-electron chi connectivity index (χ3n) is 3.93. The fourth-order valence-electron chi connectivity index (χ4n) is 2.55. The molecule has 0 fully saturated rings. The lowest BCUT2D eigenvalue weighted by Crippen LogP contribution is -2.15. The van der Waals surface area contributed by atoms with Gasteiger partial charge in [0.05, 0.1) is 18.4 Å². The summed E-state index contributed by atoms with van der Waals surface area (Å²) in [6.07, 6.45) is 2.27. The maximum absolute atomic E-state index is 12.7. The number of ether oxygens (including phenoxy) is 2. The quantitative estimate of drug-likeness (QED) is 0.401. The van der Waals surface area contributed by atoms with Crippen molar-refractivity contribution >= 4 is 23.4 Å². The van der Waals surface area contributed by atoms with Gasteiger partial charge in [-0.2, -0.15) is 0 Å². The van der Waals surface area contributed by atoms with Crippen LogP contribution in [0.4, 0.5) is 5.69 Å². The van der Waals surface area contributed by atoms with Crippen molar-refractivity contribution in [3.8, 4) is 5.75 Å². The van der Waals surface area contributed by atoms with E-state index in [1.165, 1.54) is 6.26 Å². The molecule has 0 saturated heterocycles. The molecule has 1 aromatic heterocycles. The van der Waals surface area contributed by atoms with Crippen LogP contribution in [-0.4, -0.2) is 24.3 Å². The maximum Gasteiger partial charge on any atom is 0.259 e. The number of hydrogen-bond donors (Lipinski definition) is 3. The Morgan fingerprint density at radius 2 is 1.86 bits per heavy atom. The smallest absolute Gasteiger partial charge is 0.259 e. The molecule has 0 bridgehead atoms. The normalized spacial score (nSPS) is 10.2. The molecule has 7 nitrogen and oxygen atoms in total. The Morgan fingerprint density at radius 1 is 1.03 bits per heavy atom. The molecule has 29 heavy (non-hydrogen) atoms. The van der Waals surface area contributed by atoms with E-state index in [4.69, 9.17) is 24.7 Å². The SMILES string of the molecule is CCCOc1ccccc1C(=O)Nc1cccc(C(=N)OC(=N)c2ccco2)c1. The van der Waals surface area contributed by atoms with Gasteiger partial charge in [-0.1, -0.05) is 25.1 Å². The van der Waals surface area contributed by atoms with Crippen LogP contribution in [0.25, 0.3) is 0 Å². The van der Waals surface area contributed by atoms with Gasteiger partial charge >= 0.3 is 0 Å². The van der Waals surface area contributed by atoms with Crippen molar-refractivity contribution in [3.05, 3.63) is 83.8 Å². The van der Waals surface area contributed by atoms with Crippen molar-refractivity contribution < 1.29 is 18.7 Å². The van der Waals surface area contributed by atoms with Gasteiger partial charge in [0.1, 0.15) is 5.75 Å². The Kier molecular flexibility index (Phi) is 6.42. The van der Waals surface area contributed by atoms with E-state index in [2.05, 4.69) is 5.32 Å². The Hall–Kier alpha value is -3.87. The minimum absolute atomic E-state index is 0.225. The minimum atomic E-state index is -0.315. The molecule has 0 unspecified atom stereocenters. The molecule has 0 aliphatic rings. The van der Waals surface area contributed by atoms with Gasteiger partial charge in [0.25, 0.3) is 11.8 Å². The van der Waals surface area contributed by atoms with Crippen LogP contribution in [0.3, 0.4) is 0 Å². The van der Waals surface area contributed by atoms with Crippen LogP contribution in [0.1, 0.15) is 35.0 Å². The predicted octanol–water partition coefficient (Wildman–Crippen LogP) is 4.69. The average molecular weight is 391 g/mol. The fraction of sp³-hybridized carbons (Fsp3) is 0.136. The first-order chi connectivity index (χ1) is 14.1. The Balaban J connectivity index is 1.70. The summed E-state index contributed by atoms with van der Waals surface area (Å²) in [7, 11) is 0. The number of anilines is 1. The largest absolute Gasteiger partial charge is 0.493 e. The van der Waals surface area contributed by atoms with E-state index < -0.39 is 0 Å². The van der Waals surface area contributed by atoms with Crippen molar-refractivity contribution in [2.24, 2.45) is 0 Å². The van der Waals surface area contributed by atoms with Crippen LogP contribution in [0, 0.1) is 10.8 Å². The Labute approximate surface area is 168 Å². The zero-order chi connectivity index (χ0) is 20.6. The molecule has 3 rings (SSSR count). The topological polar surface area (TPSA) is 108 Å². The summed E-state index contributed by atoms with van der Waals surface area (Å²) in [4.78, 5) is 12.7. The first kappa shape index (κ1) is 19.9. The summed E-state index contributed by atoms with van der Waals surface area (Å²) in [5.41, 5.74) is 1.34. The monoisotopic (exact) mass is 391 g/mol. The van der Waals surface area contributed by atoms with Crippen LogP contribution in [-0.2, 0) is 4.74 Å². The number of nitrogens with one attached hydrogen (secondary N) is 3. The number of amides is 1. The van der Waals surface area contributed by atoms with Crippen LogP contribution < -0.4 is 10.1 Å². The van der Waals surface area contributed by atoms with Gasteiger partial charge in [-0.3, -0.25) is 15.6 Å². The summed E-state index contributed by atoms with van der Waals surface area (Å²) in [6.45, 7) is 2.52. The fourth-order valence-corrected chi connectivity index (χ4v) is 2.55. The van der Waals surface area contributed by atoms with E-state index in [1.54, 1.807) is 54.6 Å². The standard InChI is InChI=1S/C22H21N3O4/c1-2-12-27-18-10-4-3-9-17(18)22(26)25-16-8-5-7-15(14-16)20(23)29-21(24)19-11-6-13-28-19/h3-11,13-14,23-24H,2,12H2,1H3,(H,25,26). The number of furan rings is 1. The number of benzene rings is 2. The van der Waals surface area contributed by atoms with Crippen molar-refractivity contribution in [2.75, 3.05) is 11.9 Å². The van der Waals surface area contributed by atoms with Gasteiger partial charge in [-0.05, 0) is 48.9 Å². The summed E-state index contributed by atoms with van der Waals surface area (Å²) >= 11 is 0. The second-order valence-corrected chi connectivity index (χ2v) is 6.12. The van der Waals surface area contributed by atoms with Crippen LogP contribution in [0.5, 0.6) is 5.75 Å². The van der Waals surface area contributed by atoms with E-state index in [-0.39, 0.29) is 23.5 Å². The molecule has 0 aliphatic heterocycles. The van der Waals surface area contributed by atoms with E-state index in [0.29, 0.717) is 29.2 Å². The van der Waals surface area contributed by atoms with Crippen molar-refractivity contribution in [2.45, 2.75) is 13.3 Å². The lowest BCUT2D eigenvalue weighted by atomic mass is 10.1. The molecule has 0 spiro atoms. The summed E-state index contributed by atoms with van der Waals surface area (Å²) in [5.74, 6) is -0.0656. The molecule has 0 saturated carbocycles. The number of rotatable bonds is 7. The minimum Gasteiger partial charge on any atom is -0.493 e. The molecule has 1 amide bonds. The summed E-state index contributed by atoms with van der Waals surface area (Å²) in [5, 5.41) is 18.7. The van der Waals surface area contributed by atoms with Crippen molar-refractivity contribution in [1.82, 2.24) is 0 Å². The molecule has 3 N–H and O–H groups in total. The Morgan fingerprint density at radius 3 is 2.62 bits per heavy atom. The number of carbonyl (C=O) groups is 1. The first-order valence-electron chi connectivity index (χ1n) is 9.11. The van der Waals surface area contributed by atoms with Crippen LogP contribution in [0.15, 0.2) is 71.3 Å². The highest BCUT2D eigenvalue weighted by Gasteiger charge is 2.14. The van der Waals surface area contributed by atoms with Gasteiger partial charge in [-0.25, -0.2) is 0 Å². The first-order valence-corrected chi connectivity index (χ1v) is 9.11. The molecular formula is C22H21N3O4. The average Bonchev–Trinajstić information content (AvgIpc) is 3.27. The second-order valence-electron chi connectivity index (χ2n) is 6.12. The van der Waals surface area contributed by atoms with E-state index in [1.807, 2.05) is 13.0 Å². The molecule has 148 valence electrons. The summed E-state index contributed by atoms with van der Waals surface area (Å²) < 4.78 is 15.9. The van der Waals surface area contributed by atoms with Gasteiger partial charge < -0.3 is 19.2 Å². The molecule has 1 heterocycles. The number of hydrogen-bond acceptors (Lipinski definition) is 6. The molecular weight excluding hydrogens is 370 g/mol.